The van der Waals surface area contributed by atoms with Gasteiger partial charge in [0.1, 0.15) is 0 Å². The zero-order chi connectivity index (χ0) is 39.1. The van der Waals surface area contributed by atoms with Gasteiger partial charge in [-0.15, -0.1) is 11.3 Å². The first-order valence-electron chi connectivity index (χ1n) is 20.6. The van der Waals surface area contributed by atoms with Gasteiger partial charge >= 0.3 is 0 Å². The van der Waals surface area contributed by atoms with Gasteiger partial charge in [-0.25, -0.2) is 0 Å². The molecule has 10 aromatic carbocycles. The Labute approximate surface area is 343 Å². The molecule has 0 N–H and O–H groups in total. The molecule has 1 nitrogen and oxygen atoms in total. The lowest BCUT2D eigenvalue weighted by molar-refractivity contribution is 0.866. The molecule has 0 unspecified atom stereocenters. The van der Waals surface area contributed by atoms with Gasteiger partial charge in [0.05, 0.1) is 5.69 Å². The number of hydrogen-bond acceptors (Lipinski definition) is 2. The summed E-state index contributed by atoms with van der Waals surface area (Å²) in [5, 5.41) is 15.5. The molecule has 0 spiro atoms. The van der Waals surface area contributed by atoms with Gasteiger partial charge in [0, 0.05) is 42.3 Å². The molecule has 11 rings (SSSR count). The molecular weight excluding hydrogens is 719 g/mol. The van der Waals surface area contributed by atoms with E-state index in [1.54, 1.807) is 0 Å². The Morgan fingerprint density at radius 1 is 0.345 bits per heavy atom. The van der Waals surface area contributed by atoms with E-state index in [4.69, 9.17) is 0 Å². The van der Waals surface area contributed by atoms with Crippen LogP contribution in [0.4, 0.5) is 17.1 Å². The summed E-state index contributed by atoms with van der Waals surface area (Å²) in [5.74, 6) is 0.925. The quantitative estimate of drug-likeness (QED) is 0.120. The Hall–Kier alpha value is -6.48. The number of fused-ring (bicyclic) bond motifs is 11. The fraction of sp³-hybridized carbons (Fsp3) is 0.107. The molecule has 0 bridgehead atoms. The molecule has 0 radical (unpaired) electrons. The largest absolute Gasteiger partial charge is 0.309 e. The topological polar surface area (TPSA) is 3.24 Å². The molecule has 0 saturated heterocycles. The van der Waals surface area contributed by atoms with Gasteiger partial charge < -0.3 is 4.90 Å². The zero-order valence-electron chi connectivity index (χ0n) is 33.3. The molecule has 0 fully saturated rings. The van der Waals surface area contributed by atoms with Crippen molar-refractivity contribution in [1.82, 2.24) is 0 Å². The highest BCUT2D eigenvalue weighted by molar-refractivity contribution is 7.25. The lowest BCUT2D eigenvalue weighted by Gasteiger charge is -2.30. The van der Waals surface area contributed by atoms with E-state index in [-0.39, 0.29) is 0 Å². The van der Waals surface area contributed by atoms with E-state index in [0.29, 0.717) is 11.8 Å². The van der Waals surface area contributed by atoms with Crippen LogP contribution in [-0.2, 0) is 0 Å². The molecule has 1 aromatic heterocycles. The standard InChI is InChI=1S/C56H43NS/c1-34(2)36-21-26-39(27-22-36)57(40-28-23-37(24-29-40)35(3)4)56-47-19-11-9-17-45(47)55(46-18-10-12-20-48(46)56)38-25-30-53-51(31-38)52-32-49-43-15-7-5-13-41(43)42-14-6-8-16-44(42)50(49)33-54(52)58-53/h5-35H,1-4H3. The number of rotatable bonds is 6. The highest BCUT2D eigenvalue weighted by Crippen LogP contribution is 2.50. The van der Waals surface area contributed by atoms with Gasteiger partial charge in [0.2, 0.25) is 0 Å². The molecule has 0 amide bonds. The summed E-state index contributed by atoms with van der Waals surface area (Å²) in [5.41, 5.74) is 8.72. The molecule has 278 valence electrons. The van der Waals surface area contributed by atoms with Gasteiger partial charge in [-0.3, -0.25) is 0 Å². The first-order valence-corrected chi connectivity index (χ1v) is 21.4. The molecule has 0 saturated carbocycles. The van der Waals surface area contributed by atoms with Crippen LogP contribution in [0.25, 0.3) is 85.2 Å². The van der Waals surface area contributed by atoms with Gasteiger partial charge in [-0.05, 0) is 126 Å². The fourth-order valence-electron chi connectivity index (χ4n) is 9.41. The van der Waals surface area contributed by atoms with E-state index in [0.717, 1.165) is 11.4 Å². The predicted octanol–water partition coefficient (Wildman–Crippen LogP) is 17.2. The average molecular weight is 762 g/mol. The maximum Gasteiger partial charge on any atom is 0.0618 e. The van der Waals surface area contributed by atoms with Gasteiger partial charge in [0.25, 0.3) is 0 Å². The van der Waals surface area contributed by atoms with Crippen LogP contribution in [0, 0.1) is 0 Å². The van der Waals surface area contributed by atoms with E-state index in [1.807, 2.05) is 11.3 Å². The molecule has 0 aliphatic carbocycles. The number of thiophene rings is 1. The molecule has 0 aliphatic heterocycles. The van der Waals surface area contributed by atoms with Crippen molar-refractivity contribution in [2.75, 3.05) is 4.90 Å². The maximum absolute atomic E-state index is 2.48. The van der Waals surface area contributed by atoms with Crippen LogP contribution in [0.1, 0.15) is 50.7 Å². The monoisotopic (exact) mass is 761 g/mol. The smallest absolute Gasteiger partial charge is 0.0618 e. The van der Waals surface area contributed by atoms with Crippen LogP contribution in [-0.4, -0.2) is 0 Å². The molecule has 58 heavy (non-hydrogen) atoms. The van der Waals surface area contributed by atoms with Gasteiger partial charge in [0.15, 0.2) is 0 Å². The summed E-state index contributed by atoms with van der Waals surface area (Å²) in [4.78, 5) is 2.48. The molecule has 0 aliphatic rings. The van der Waals surface area contributed by atoms with Crippen LogP contribution in [0.15, 0.2) is 176 Å². The highest BCUT2D eigenvalue weighted by atomic mass is 32.1. The maximum atomic E-state index is 2.48. The lowest BCUT2D eigenvalue weighted by atomic mass is 9.89. The minimum absolute atomic E-state index is 0.462. The third-order valence-electron chi connectivity index (χ3n) is 12.4. The number of hydrogen-bond donors (Lipinski definition) is 0. The van der Waals surface area contributed by atoms with Crippen molar-refractivity contribution in [2.45, 2.75) is 39.5 Å². The minimum atomic E-state index is 0.462. The van der Waals surface area contributed by atoms with E-state index >= 15 is 0 Å². The summed E-state index contributed by atoms with van der Waals surface area (Å²) < 4.78 is 2.64. The van der Waals surface area contributed by atoms with Crippen LogP contribution in [0.2, 0.25) is 0 Å². The normalized spacial score (nSPS) is 12.1. The van der Waals surface area contributed by atoms with E-state index < -0.39 is 0 Å². The lowest BCUT2D eigenvalue weighted by Crippen LogP contribution is -2.12. The number of benzene rings is 10. The Morgan fingerprint density at radius 2 is 0.759 bits per heavy atom. The molecule has 11 aromatic rings. The van der Waals surface area contributed by atoms with Crippen molar-refractivity contribution in [2.24, 2.45) is 0 Å². The molecule has 1 heterocycles. The van der Waals surface area contributed by atoms with Crippen molar-refractivity contribution in [3.63, 3.8) is 0 Å². The first kappa shape index (κ1) is 34.7. The van der Waals surface area contributed by atoms with Gasteiger partial charge in [-0.1, -0.05) is 155 Å². The predicted molar refractivity (Wildman–Crippen MR) is 255 cm³/mol. The van der Waals surface area contributed by atoms with Gasteiger partial charge in [-0.2, -0.15) is 0 Å². The number of anilines is 3. The van der Waals surface area contributed by atoms with E-state index in [2.05, 4.69) is 209 Å². The van der Waals surface area contributed by atoms with Crippen LogP contribution < -0.4 is 4.90 Å². The molecule has 0 atom stereocenters. The summed E-state index contributed by atoms with van der Waals surface area (Å²) in [6, 6.07) is 66.3. The summed E-state index contributed by atoms with van der Waals surface area (Å²) in [7, 11) is 0. The second kappa shape index (κ2) is 13.6. The Bertz CT molecular complexity index is 3280. The second-order valence-corrected chi connectivity index (χ2v) is 17.5. The van der Waals surface area contributed by atoms with E-state index in [9.17, 15) is 0 Å². The van der Waals surface area contributed by atoms with Crippen LogP contribution in [0.5, 0.6) is 0 Å². The third kappa shape index (κ3) is 5.43. The number of nitrogens with zero attached hydrogens (tertiary/aromatic N) is 1. The average Bonchev–Trinajstić information content (AvgIpc) is 3.63. The molecule has 2 heteroatoms. The second-order valence-electron chi connectivity index (χ2n) is 16.4. The van der Waals surface area contributed by atoms with Crippen molar-refractivity contribution < 1.29 is 0 Å². The van der Waals surface area contributed by atoms with Crippen molar-refractivity contribution >= 4 is 102 Å². The zero-order valence-corrected chi connectivity index (χ0v) is 34.1. The Morgan fingerprint density at radius 3 is 1.24 bits per heavy atom. The summed E-state index contributed by atoms with van der Waals surface area (Å²) in [6.45, 7) is 9.05. The molecular formula is C56H43NS. The SMILES string of the molecule is CC(C)c1ccc(N(c2ccc(C(C)C)cc2)c2c3ccccc3c(-c3ccc4sc5cc6c7ccccc7c7ccccc7c6cc5c4c3)c3ccccc23)cc1. The Kier molecular flexibility index (Phi) is 8.13. The van der Waals surface area contributed by atoms with Crippen molar-refractivity contribution in [3.8, 4) is 11.1 Å². The van der Waals surface area contributed by atoms with Crippen molar-refractivity contribution in [1.29, 1.82) is 0 Å². The fourth-order valence-corrected chi connectivity index (χ4v) is 10.5. The first-order chi connectivity index (χ1) is 28.4. The van der Waals surface area contributed by atoms with E-state index in [1.165, 1.54) is 102 Å². The summed E-state index contributed by atoms with van der Waals surface area (Å²) in [6.07, 6.45) is 0. The van der Waals surface area contributed by atoms with Crippen LogP contribution >= 0.6 is 11.3 Å². The summed E-state index contributed by atoms with van der Waals surface area (Å²) >= 11 is 1.90. The minimum Gasteiger partial charge on any atom is -0.309 e. The highest BCUT2D eigenvalue weighted by Gasteiger charge is 2.23. The third-order valence-corrected chi connectivity index (χ3v) is 13.5. The van der Waals surface area contributed by atoms with Crippen LogP contribution in [0.3, 0.4) is 0 Å². The Balaban J connectivity index is 1.17. The van der Waals surface area contributed by atoms with Crippen molar-refractivity contribution in [3.05, 3.63) is 187 Å².